The average Bonchev–Trinajstić information content (AvgIpc) is 3.00. The van der Waals surface area contributed by atoms with E-state index in [9.17, 15) is 4.79 Å². The van der Waals surface area contributed by atoms with Gasteiger partial charge in [-0.05, 0) is 11.6 Å². The van der Waals surface area contributed by atoms with Crippen molar-refractivity contribution in [2.75, 3.05) is 20.2 Å². The van der Waals surface area contributed by atoms with Crippen LogP contribution in [0.3, 0.4) is 0 Å². The summed E-state index contributed by atoms with van der Waals surface area (Å²) in [7, 11) is 1.62. The highest BCUT2D eigenvalue weighted by atomic mass is 16.5. The van der Waals surface area contributed by atoms with Gasteiger partial charge in [-0.2, -0.15) is 0 Å². The molecule has 0 amide bonds. The van der Waals surface area contributed by atoms with E-state index in [0.717, 1.165) is 25.2 Å². The molecular formula is C19H19NO3. The fourth-order valence-corrected chi connectivity index (χ4v) is 3.63. The number of hydrogen-bond acceptors (Lipinski definition) is 4. The lowest BCUT2D eigenvalue weighted by Crippen LogP contribution is -2.31. The quantitative estimate of drug-likeness (QED) is 0.645. The molecule has 23 heavy (non-hydrogen) atoms. The molecule has 0 bridgehead atoms. The summed E-state index contributed by atoms with van der Waals surface area (Å²) in [5.41, 5.74) is 2.39. The van der Waals surface area contributed by atoms with Gasteiger partial charge < -0.3 is 9.47 Å². The molecule has 1 saturated heterocycles. The van der Waals surface area contributed by atoms with Crippen LogP contribution in [-0.2, 0) is 11.3 Å². The largest absolute Gasteiger partial charge is 0.497 e. The Bertz CT molecular complexity index is 729. The standard InChI is InChI=1S/C19H19NO3/c1-22-14-7-8-15-16-11-20(10-13-5-3-2-4-6-13)12-17(16)19(21)23-18(15)9-14/h2-9,16-17H,10-12H2,1H3. The van der Waals surface area contributed by atoms with E-state index in [2.05, 4.69) is 17.0 Å². The summed E-state index contributed by atoms with van der Waals surface area (Å²) in [4.78, 5) is 14.7. The van der Waals surface area contributed by atoms with E-state index in [0.29, 0.717) is 11.5 Å². The maximum atomic E-state index is 12.3. The maximum absolute atomic E-state index is 12.3. The molecule has 0 saturated carbocycles. The zero-order chi connectivity index (χ0) is 15.8. The van der Waals surface area contributed by atoms with Gasteiger partial charge in [0.1, 0.15) is 11.5 Å². The number of esters is 1. The van der Waals surface area contributed by atoms with Gasteiger partial charge in [0.2, 0.25) is 0 Å². The van der Waals surface area contributed by atoms with Gasteiger partial charge >= 0.3 is 5.97 Å². The van der Waals surface area contributed by atoms with Crippen molar-refractivity contribution in [3.63, 3.8) is 0 Å². The molecule has 0 aliphatic carbocycles. The molecule has 2 aromatic carbocycles. The molecule has 118 valence electrons. The molecule has 0 radical (unpaired) electrons. The van der Waals surface area contributed by atoms with E-state index in [1.807, 2.05) is 36.4 Å². The number of carbonyl (C=O) groups excluding carboxylic acids is 1. The van der Waals surface area contributed by atoms with Crippen LogP contribution in [0, 0.1) is 5.92 Å². The first kappa shape index (κ1) is 14.3. The van der Waals surface area contributed by atoms with Crippen LogP contribution < -0.4 is 9.47 Å². The molecular weight excluding hydrogens is 290 g/mol. The minimum absolute atomic E-state index is 0.0698. The van der Waals surface area contributed by atoms with Gasteiger partial charge in [-0.3, -0.25) is 9.69 Å². The van der Waals surface area contributed by atoms with E-state index in [-0.39, 0.29) is 17.8 Å². The van der Waals surface area contributed by atoms with E-state index in [1.54, 1.807) is 7.11 Å². The number of rotatable bonds is 3. The SMILES string of the molecule is COc1ccc2c(c1)OC(=O)C1CN(Cc3ccccc3)CC21. The predicted molar refractivity (Wildman–Crippen MR) is 86.6 cm³/mol. The van der Waals surface area contributed by atoms with Crippen LogP contribution in [0.4, 0.5) is 0 Å². The highest BCUT2D eigenvalue weighted by Crippen LogP contribution is 2.43. The molecule has 2 unspecified atom stereocenters. The fraction of sp³-hybridized carbons (Fsp3) is 0.316. The number of likely N-dealkylation sites (tertiary alicyclic amines) is 1. The van der Waals surface area contributed by atoms with Crippen molar-refractivity contribution < 1.29 is 14.3 Å². The summed E-state index contributed by atoms with van der Waals surface area (Å²) in [5.74, 6) is 1.39. The van der Waals surface area contributed by atoms with Gasteiger partial charge in [0, 0.05) is 37.2 Å². The lowest BCUT2D eigenvalue weighted by atomic mass is 9.86. The number of fused-ring (bicyclic) bond motifs is 3. The van der Waals surface area contributed by atoms with Crippen LogP contribution in [0.1, 0.15) is 17.0 Å². The first-order valence-corrected chi connectivity index (χ1v) is 7.90. The molecule has 0 spiro atoms. The van der Waals surface area contributed by atoms with Gasteiger partial charge in [-0.15, -0.1) is 0 Å². The van der Waals surface area contributed by atoms with Gasteiger partial charge in [0.25, 0.3) is 0 Å². The monoisotopic (exact) mass is 309 g/mol. The van der Waals surface area contributed by atoms with Crippen molar-refractivity contribution in [1.82, 2.24) is 4.90 Å². The molecule has 1 fully saturated rings. The molecule has 2 atom stereocenters. The molecule has 2 heterocycles. The van der Waals surface area contributed by atoms with E-state index in [1.165, 1.54) is 5.56 Å². The molecule has 0 aromatic heterocycles. The zero-order valence-corrected chi connectivity index (χ0v) is 13.1. The van der Waals surface area contributed by atoms with Gasteiger partial charge in [-0.1, -0.05) is 36.4 Å². The van der Waals surface area contributed by atoms with Crippen molar-refractivity contribution in [2.45, 2.75) is 12.5 Å². The summed E-state index contributed by atoms with van der Waals surface area (Å²) in [6.07, 6.45) is 0. The number of carbonyl (C=O) groups is 1. The Morgan fingerprint density at radius 3 is 2.70 bits per heavy atom. The van der Waals surface area contributed by atoms with Crippen LogP contribution in [0.25, 0.3) is 0 Å². The Morgan fingerprint density at radius 2 is 1.91 bits per heavy atom. The molecule has 0 N–H and O–H groups in total. The van der Waals surface area contributed by atoms with Crippen molar-refractivity contribution in [1.29, 1.82) is 0 Å². The van der Waals surface area contributed by atoms with E-state index < -0.39 is 0 Å². The van der Waals surface area contributed by atoms with Crippen LogP contribution in [0.2, 0.25) is 0 Å². The molecule has 2 aromatic rings. The number of ether oxygens (including phenoxy) is 2. The maximum Gasteiger partial charge on any atom is 0.316 e. The van der Waals surface area contributed by atoms with Gasteiger partial charge in [-0.25, -0.2) is 0 Å². The third-order valence-corrected chi connectivity index (χ3v) is 4.78. The third-order valence-electron chi connectivity index (χ3n) is 4.78. The lowest BCUT2D eigenvalue weighted by molar-refractivity contribution is -0.140. The van der Waals surface area contributed by atoms with Gasteiger partial charge in [0.05, 0.1) is 13.0 Å². The van der Waals surface area contributed by atoms with Crippen molar-refractivity contribution in [3.05, 3.63) is 59.7 Å². The van der Waals surface area contributed by atoms with Crippen LogP contribution in [0.5, 0.6) is 11.5 Å². The van der Waals surface area contributed by atoms with Crippen LogP contribution in [0.15, 0.2) is 48.5 Å². The number of hydrogen-bond donors (Lipinski definition) is 0. The second-order valence-corrected chi connectivity index (χ2v) is 6.22. The summed E-state index contributed by atoms with van der Waals surface area (Å²) < 4.78 is 10.8. The molecule has 2 aliphatic rings. The zero-order valence-electron chi connectivity index (χ0n) is 13.1. The minimum atomic E-state index is -0.119. The normalized spacial score (nSPS) is 23.1. The lowest BCUT2D eigenvalue weighted by Gasteiger charge is -2.26. The topological polar surface area (TPSA) is 38.8 Å². The van der Waals surface area contributed by atoms with E-state index in [4.69, 9.17) is 9.47 Å². The van der Waals surface area contributed by atoms with Crippen molar-refractivity contribution in [3.8, 4) is 11.5 Å². The first-order valence-electron chi connectivity index (χ1n) is 7.90. The number of benzene rings is 2. The highest BCUT2D eigenvalue weighted by Gasteiger charge is 2.44. The first-order chi connectivity index (χ1) is 11.2. The summed E-state index contributed by atoms with van der Waals surface area (Å²) in [6, 6.07) is 16.2. The smallest absolute Gasteiger partial charge is 0.316 e. The third kappa shape index (κ3) is 2.59. The second kappa shape index (κ2) is 5.70. The summed E-state index contributed by atoms with van der Waals surface area (Å²) in [5, 5.41) is 0. The van der Waals surface area contributed by atoms with Crippen molar-refractivity contribution >= 4 is 5.97 Å². The Morgan fingerprint density at radius 1 is 1.13 bits per heavy atom. The predicted octanol–water partition coefficient (Wildman–Crippen LogP) is 2.83. The molecule has 4 heteroatoms. The Balaban J connectivity index is 1.58. The second-order valence-electron chi connectivity index (χ2n) is 6.22. The van der Waals surface area contributed by atoms with Crippen LogP contribution in [-0.4, -0.2) is 31.1 Å². The Kier molecular flexibility index (Phi) is 3.54. The highest BCUT2D eigenvalue weighted by molar-refractivity contribution is 5.80. The average molecular weight is 309 g/mol. The fourth-order valence-electron chi connectivity index (χ4n) is 3.63. The summed E-state index contributed by atoms with van der Waals surface area (Å²) >= 11 is 0. The van der Waals surface area contributed by atoms with Gasteiger partial charge in [0.15, 0.2) is 0 Å². The molecule has 2 aliphatic heterocycles. The Labute approximate surface area is 135 Å². The minimum Gasteiger partial charge on any atom is -0.497 e. The molecule has 4 rings (SSSR count). The molecule has 4 nitrogen and oxygen atoms in total. The Hall–Kier alpha value is -2.33. The number of nitrogens with zero attached hydrogens (tertiary/aromatic N) is 1. The number of methoxy groups -OCH3 is 1. The summed E-state index contributed by atoms with van der Waals surface area (Å²) in [6.45, 7) is 2.50. The van der Waals surface area contributed by atoms with E-state index >= 15 is 0 Å². The van der Waals surface area contributed by atoms with Crippen molar-refractivity contribution in [2.24, 2.45) is 5.92 Å². The van der Waals surface area contributed by atoms with Crippen LogP contribution >= 0.6 is 0 Å².